The van der Waals surface area contributed by atoms with Gasteiger partial charge in [-0.25, -0.2) is 0 Å². The quantitative estimate of drug-likeness (QED) is 0.908. The summed E-state index contributed by atoms with van der Waals surface area (Å²) >= 11 is 0. The first-order chi connectivity index (χ1) is 11.0. The molecule has 5 heteroatoms. The van der Waals surface area contributed by atoms with E-state index in [0.717, 1.165) is 16.8 Å². The molecule has 2 aromatic rings. The van der Waals surface area contributed by atoms with Crippen LogP contribution in [0.2, 0.25) is 0 Å². The SMILES string of the molecule is Cc1cccc(NC(=O)c2ccccc2NC(=O)CC#N)c1C. The number of aryl methyl sites for hydroxylation is 1. The Balaban J connectivity index is 2.24. The summed E-state index contributed by atoms with van der Waals surface area (Å²) in [6.07, 6.45) is -0.257. The molecule has 0 radical (unpaired) electrons. The first-order valence-corrected chi connectivity index (χ1v) is 7.16. The number of hydrogen-bond acceptors (Lipinski definition) is 3. The van der Waals surface area contributed by atoms with Gasteiger partial charge in [0.1, 0.15) is 6.42 Å². The Labute approximate surface area is 134 Å². The van der Waals surface area contributed by atoms with Crippen LogP contribution in [-0.2, 0) is 4.79 Å². The predicted octanol–water partition coefficient (Wildman–Crippen LogP) is 3.41. The minimum Gasteiger partial charge on any atom is -0.324 e. The number of nitriles is 1. The summed E-state index contributed by atoms with van der Waals surface area (Å²) in [7, 11) is 0. The third-order valence-electron chi connectivity index (χ3n) is 3.54. The van der Waals surface area contributed by atoms with Gasteiger partial charge in [-0.3, -0.25) is 9.59 Å². The maximum absolute atomic E-state index is 12.5. The summed E-state index contributed by atoms with van der Waals surface area (Å²) in [5.74, 6) is -0.758. The number of benzene rings is 2. The van der Waals surface area contributed by atoms with E-state index in [1.165, 1.54) is 0 Å². The molecule has 0 atom stereocenters. The predicted molar refractivity (Wildman–Crippen MR) is 89.2 cm³/mol. The number of para-hydroxylation sites is 1. The van der Waals surface area contributed by atoms with Gasteiger partial charge >= 0.3 is 0 Å². The van der Waals surface area contributed by atoms with Gasteiger partial charge in [-0.1, -0.05) is 24.3 Å². The van der Waals surface area contributed by atoms with E-state index < -0.39 is 5.91 Å². The zero-order valence-corrected chi connectivity index (χ0v) is 13.0. The van der Waals surface area contributed by atoms with Crippen molar-refractivity contribution in [3.8, 4) is 6.07 Å². The van der Waals surface area contributed by atoms with Crippen LogP contribution in [0.3, 0.4) is 0 Å². The molecule has 0 fully saturated rings. The van der Waals surface area contributed by atoms with E-state index in [0.29, 0.717) is 11.3 Å². The third-order valence-corrected chi connectivity index (χ3v) is 3.54. The first-order valence-electron chi connectivity index (χ1n) is 7.16. The van der Waals surface area contributed by atoms with E-state index in [1.54, 1.807) is 30.3 Å². The molecule has 23 heavy (non-hydrogen) atoms. The zero-order chi connectivity index (χ0) is 16.8. The minimum absolute atomic E-state index is 0.257. The van der Waals surface area contributed by atoms with Crippen molar-refractivity contribution in [1.29, 1.82) is 5.26 Å². The molecule has 0 spiro atoms. The number of carbonyl (C=O) groups is 2. The third kappa shape index (κ3) is 3.95. The normalized spacial score (nSPS) is 9.78. The van der Waals surface area contributed by atoms with Crippen LogP contribution in [-0.4, -0.2) is 11.8 Å². The van der Waals surface area contributed by atoms with Crippen molar-refractivity contribution < 1.29 is 9.59 Å². The Bertz CT molecular complexity index is 791. The highest BCUT2D eigenvalue weighted by Gasteiger charge is 2.14. The van der Waals surface area contributed by atoms with Gasteiger partial charge in [0.2, 0.25) is 5.91 Å². The van der Waals surface area contributed by atoms with Crippen LogP contribution < -0.4 is 10.6 Å². The lowest BCUT2D eigenvalue weighted by Gasteiger charge is -2.13. The van der Waals surface area contributed by atoms with Gasteiger partial charge in [0.25, 0.3) is 5.91 Å². The van der Waals surface area contributed by atoms with Crippen molar-refractivity contribution in [3.05, 3.63) is 59.2 Å². The molecule has 0 unspecified atom stereocenters. The molecule has 2 rings (SSSR count). The Morgan fingerprint density at radius 3 is 2.43 bits per heavy atom. The van der Waals surface area contributed by atoms with E-state index in [9.17, 15) is 9.59 Å². The summed E-state index contributed by atoms with van der Waals surface area (Å²) in [5.41, 5.74) is 3.54. The number of rotatable bonds is 4. The lowest BCUT2D eigenvalue weighted by atomic mass is 10.1. The van der Waals surface area contributed by atoms with E-state index in [2.05, 4.69) is 10.6 Å². The van der Waals surface area contributed by atoms with E-state index >= 15 is 0 Å². The Morgan fingerprint density at radius 2 is 1.70 bits per heavy atom. The summed E-state index contributed by atoms with van der Waals surface area (Å²) < 4.78 is 0. The van der Waals surface area contributed by atoms with Gasteiger partial charge < -0.3 is 10.6 Å². The average molecular weight is 307 g/mol. The topological polar surface area (TPSA) is 82.0 Å². The molecule has 116 valence electrons. The molecule has 0 aliphatic heterocycles. The van der Waals surface area contributed by atoms with Crippen molar-refractivity contribution >= 4 is 23.2 Å². The number of nitrogens with one attached hydrogen (secondary N) is 2. The maximum Gasteiger partial charge on any atom is 0.257 e. The Kier molecular flexibility index (Phi) is 5.11. The largest absolute Gasteiger partial charge is 0.324 e. The fourth-order valence-corrected chi connectivity index (χ4v) is 2.13. The minimum atomic E-state index is -0.445. The van der Waals surface area contributed by atoms with E-state index in [-0.39, 0.29) is 12.3 Å². The summed E-state index contributed by atoms with van der Waals surface area (Å²) in [4.78, 5) is 24.1. The van der Waals surface area contributed by atoms with Crippen molar-refractivity contribution in [3.63, 3.8) is 0 Å². The standard InChI is InChI=1S/C18H17N3O2/c1-12-6-5-9-15(13(12)2)21-18(23)14-7-3-4-8-16(14)20-17(22)10-11-19/h3-9H,10H2,1-2H3,(H,20,22)(H,21,23). The second kappa shape index (κ2) is 7.23. The molecule has 0 aliphatic rings. The van der Waals surface area contributed by atoms with Gasteiger partial charge in [0.15, 0.2) is 0 Å². The molecule has 2 amide bonds. The number of anilines is 2. The van der Waals surface area contributed by atoms with Gasteiger partial charge in [0, 0.05) is 5.69 Å². The average Bonchev–Trinajstić information content (AvgIpc) is 2.52. The summed E-state index contributed by atoms with van der Waals surface area (Å²) in [5, 5.41) is 14.0. The van der Waals surface area contributed by atoms with Crippen LogP contribution in [0.4, 0.5) is 11.4 Å². The first kappa shape index (κ1) is 16.2. The number of carbonyl (C=O) groups excluding carboxylic acids is 2. The van der Waals surface area contributed by atoms with E-state index in [4.69, 9.17) is 5.26 Å². The molecule has 2 aromatic carbocycles. The summed E-state index contributed by atoms with van der Waals surface area (Å²) in [6.45, 7) is 3.91. The van der Waals surface area contributed by atoms with E-state index in [1.807, 2.05) is 32.0 Å². The highest BCUT2D eigenvalue weighted by Crippen LogP contribution is 2.21. The monoisotopic (exact) mass is 307 g/mol. The molecule has 2 N–H and O–H groups in total. The van der Waals surface area contributed by atoms with Gasteiger partial charge in [-0.15, -0.1) is 0 Å². The lowest BCUT2D eigenvalue weighted by molar-refractivity contribution is -0.115. The second-order valence-corrected chi connectivity index (χ2v) is 5.13. The molecule has 0 aromatic heterocycles. The molecule has 0 heterocycles. The molecule has 0 saturated carbocycles. The lowest BCUT2D eigenvalue weighted by Crippen LogP contribution is -2.18. The van der Waals surface area contributed by atoms with Gasteiger partial charge in [-0.2, -0.15) is 5.26 Å². The van der Waals surface area contributed by atoms with Crippen LogP contribution in [0.25, 0.3) is 0 Å². The number of nitrogens with zero attached hydrogens (tertiary/aromatic N) is 1. The Hall–Kier alpha value is -3.13. The molecule has 0 aliphatic carbocycles. The highest BCUT2D eigenvalue weighted by molar-refractivity contribution is 6.10. The number of amides is 2. The molecule has 0 bridgehead atoms. The van der Waals surface area contributed by atoms with Crippen LogP contribution >= 0.6 is 0 Å². The van der Waals surface area contributed by atoms with Gasteiger partial charge in [-0.05, 0) is 43.2 Å². The number of hydrogen-bond donors (Lipinski definition) is 2. The van der Waals surface area contributed by atoms with Crippen LogP contribution in [0.5, 0.6) is 0 Å². The smallest absolute Gasteiger partial charge is 0.257 e. The van der Waals surface area contributed by atoms with Crippen LogP contribution in [0.1, 0.15) is 27.9 Å². The molecular weight excluding hydrogens is 290 g/mol. The highest BCUT2D eigenvalue weighted by atomic mass is 16.2. The zero-order valence-electron chi connectivity index (χ0n) is 13.0. The molecular formula is C18H17N3O2. The van der Waals surface area contributed by atoms with Crippen molar-refractivity contribution in [2.75, 3.05) is 10.6 Å². The van der Waals surface area contributed by atoms with Crippen LogP contribution in [0, 0.1) is 25.2 Å². The fourth-order valence-electron chi connectivity index (χ4n) is 2.13. The van der Waals surface area contributed by atoms with Gasteiger partial charge in [0.05, 0.1) is 17.3 Å². The van der Waals surface area contributed by atoms with Crippen molar-refractivity contribution in [1.82, 2.24) is 0 Å². The maximum atomic E-state index is 12.5. The fraction of sp³-hybridized carbons (Fsp3) is 0.167. The summed E-state index contributed by atoms with van der Waals surface area (Å²) in [6, 6.07) is 14.2. The van der Waals surface area contributed by atoms with Crippen molar-refractivity contribution in [2.24, 2.45) is 0 Å². The molecule has 0 saturated heterocycles. The molecule has 5 nitrogen and oxygen atoms in total. The second-order valence-electron chi connectivity index (χ2n) is 5.13. The van der Waals surface area contributed by atoms with Crippen molar-refractivity contribution in [2.45, 2.75) is 20.3 Å². The van der Waals surface area contributed by atoms with Crippen LogP contribution in [0.15, 0.2) is 42.5 Å². The Morgan fingerprint density at radius 1 is 1.00 bits per heavy atom.